The van der Waals surface area contributed by atoms with Crippen molar-refractivity contribution >= 4 is 27.5 Å². The van der Waals surface area contributed by atoms with Gasteiger partial charge in [0.25, 0.3) is 5.91 Å². The number of hydrogen-bond acceptors (Lipinski definition) is 2. The van der Waals surface area contributed by atoms with Crippen molar-refractivity contribution in [3.05, 3.63) is 76.8 Å². The minimum absolute atomic E-state index is 0.147. The molecule has 2 aromatic carbocycles. The summed E-state index contributed by atoms with van der Waals surface area (Å²) in [4.78, 5) is 12.2. The fraction of sp³-hybridized carbons (Fsp3) is 0.167. The highest BCUT2D eigenvalue weighted by atomic mass is 79.9. The molecule has 2 N–H and O–H groups in total. The third-order valence-corrected chi connectivity index (χ3v) is 4.06. The van der Waals surface area contributed by atoms with E-state index in [-0.39, 0.29) is 12.3 Å². The lowest BCUT2D eigenvalue weighted by Gasteiger charge is -2.25. The van der Waals surface area contributed by atoms with Crippen molar-refractivity contribution < 1.29 is 9.90 Å². The zero-order valence-corrected chi connectivity index (χ0v) is 13.9. The van der Waals surface area contributed by atoms with E-state index in [2.05, 4.69) is 27.8 Å². The Bertz CT molecular complexity index is 680. The van der Waals surface area contributed by atoms with Gasteiger partial charge in [0.2, 0.25) is 0 Å². The molecule has 4 heteroatoms. The second-order valence-electron chi connectivity index (χ2n) is 5.35. The predicted octanol–water partition coefficient (Wildman–Crippen LogP) is 4.24. The highest BCUT2D eigenvalue weighted by molar-refractivity contribution is 9.10. The normalized spacial score (nSPS) is 13.2. The standard InChI is InChI=1S/C18H18BrNO2/c1-13(17(21)20-14-8-4-3-5-9-14)12-18(2,22)15-10-6-7-11-16(15)19/h3-11,22H,1,12H2,2H3,(H,20,21)/t18-/m0/s1. The number of para-hydroxylation sites is 1. The van der Waals surface area contributed by atoms with Crippen LogP contribution in [0.1, 0.15) is 18.9 Å². The monoisotopic (exact) mass is 359 g/mol. The predicted molar refractivity (Wildman–Crippen MR) is 92.5 cm³/mol. The molecule has 22 heavy (non-hydrogen) atoms. The van der Waals surface area contributed by atoms with Gasteiger partial charge in [-0.05, 0) is 30.7 Å². The SMILES string of the molecule is C=C(C[C@](C)(O)c1ccccc1Br)C(=O)Nc1ccccc1. The third-order valence-electron chi connectivity index (χ3n) is 3.36. The van der Waals surface area contributed by atoms with Crippen LogP contribution in [0, 0.1) is 0 Å². The second kappa shape index (κ2) is 6.90. The highest BCUT2D eigenvalue weighted by Gasteiger charge is 2.28. The Hall–Kier alpha value is -1.91. The molecule has 0 radical (unpaired) electrons. The van der Waals surface area contributed by atoms with E-state index in [1.54, 1.807) is 19.1 Å². The van der Waals surface area contributed by atoms with Crippen molar-refractivity contribution in [2.24, 2.45) is 0 Å². The maximum absolute atomic E-state index is 12.2. The lowest BCUT2D eigenvalue weighted by atomic mass is 9.89. The quantitative estimate of drug-likeness (QED) is 0.784. The van der Waals surface area contributed by atoms with E-state index in [4.69, 9.17) is 0 Å². The summed E-state index contributed by atoms with van der Waals surface area (Å²) in [5.41, 5.74) is 0.577. The maximum atomic E-state index is 12.2. The molecule has 2 aromatic rings. The van der Waals surface area contributed by atoms with E-state index in [9.17, 15) is 9.90 Å². The van der Waals surface area contributed by atoms with Gasteiger partial charge in [0.1, 0.15) is 0 Å². The summed E-state index contributed by atoms with van der Waals surface area (Å²) < 4.78 is 0.802. The minimum atomic E-state index is -1.18. The van der Waals surface area contributed by atoms with Gasteiger partial charge < -0.3 is 10.4 Å². The zero-order valence-electron chi connectivity index (χ0n) is 12.3. The van der Waals surface area contributed by atoms with Gasteiger partial charge in [0, 0.05) is 22.2 Å². The molecular weight excluding hydrogens is 342 g/mol. The fourth-order valence-corrected chi connectivity index (χ4v) is 2.94. The summed E-state index contributed by atoms with van der Waals surface area (Å²) in [6.45, 7) is 5.48. The number of anilines is 1. The molecule has 1 amide bonds. The van der Waals surface area contributed by atoms with Crippen LogP contribution in [0.5, 0.6) is 0 Å². The summed E-state index contributed by atoms with van der Waals surface area (Å²) >= 11 is 3.42. The number of amides is 1. The van der Waals surface area contributed by atoms with Crippen molar-refractivity contribution in [3.63, 3.8) is 0 Å². The number of halogens is 1. The van der Waals surface area contributed by atoms with Gasteiger partial charge in [-0.25, -0.2) is 0 Å². The van der Waals surface area contributed by atoms with Crippen LogP contribution in [0.3, 0.4) is 0 Å². The Morgan fingerprint density at radius 2 is 1.77 bits per heavy atom. The smallest absolute Gasteiger partial charge is 0.251 e. The van der Waals surface area contributed by atoms with Gasteiger partial charge in [0.15, 0.2) is 0 Å². The van der Waals surface area contributed by atoms with Gasteiger partial charge >= 0.3 is 0 Å². The molecule has 0 saturated heterocycles. The van der Waals surface area contributed by atoms with E-state index in [1.807, 2.05) is 42.5 Å². The third kappa shape index (κ3) is 4.06. The zero-order chi connectivity index (χ0) is 16.2. The Balaban J connectivity index is 2.07. The van der Waals surface area contributed by atoms with Crippen LogP contribution >= 0.6 is 15.9 Å². The van der Waals surface area contributed by atoms with Crippen LogP contribution in [-0.2, 0) is 10.4 Å². The first-order valence-electron chi connectivity index (χ1n) is 6.92. The summed E-state index contributed by atoms with van der Waals surface area (Å²) in [5.74, 6) is -0.293. The van der Waals surface area contributed by atoms with Gasteiger partial charge in [-0.3, -0.25) is 4.79 Å². The molecule has 0 fully saturated rings. The second-order valence-corrected chi connectivity index (χ2v) is 6.21. The lowest BCUT2D eigenvalue weighted by molar-refractivity contribution is -0.113. The number of benzene rings is 2. The van der Waals surface area contributed by atoms with Gasteiger partial charge in [-0.15, -0.1) is 0 Å². The lowest BCUT2D eigenvalue weighted by Crippen LogP contribution is -2.26. The molecule has 114 valence electrons. The van der Waals surface area contributed by atoms with E-state index >= 15 is 0 Å². The van der Waals surface area contributed by atoms with Crippen molar-refractivity contribution in [2.45, 2.75) is 18.9 Å². The van der Waals surface area contributed by atoms with E-state index in [0.29, 0.717) is 11.3 Å². The summed E-state index contributed by atoms with van der Waals surface area (Å²) in [7, 11) is 0. The van der Waals surface area contributed by atoms with E-state index < -0.39 is 5.60 Å². The van der Waals surface area contributed by atoms with E-state index in [1.165, 1.54) is 0 Å². The molecule has 0 unspecified atom stereocenters. The molecule has 1 atom stereocenters. The molecule has 2 rings (SSSR count). The maximum Gasteiger partial charge on any atom is 0.251 e. The molecular formula is C18H18BrNO2. The Kier molecular flexibility index (Phi) is 5.16. The summed E-state index contributed by atoms with van der Waals surface area (Å²) in [5, 5.41) is 13.5. The topological polar surface area (TPSA) is 49.3 Å². The Morgan fingerprint density at radius 1 is 1.18 bits per heavy atom. The highest BCUT2D eigenvalue weighted by Crippen LogP contribution is 2.33. The van der Waals surface area contributed by atoms with Crippen LogP contribution in [0.15, 0.2) is 71.2 Å². The average molecular weight is 360 g/mol. The number of carbonyl (C=O) groups is 1. The summed E-state index contributed by atoms with van der Waals surface area (Å²) in [6, 6.07) is 16.6. The number of aliphatic hydroxyl groups is 1. The van der Waals surface area contributed by atoms with Gasteiger partial charge in [-0.1, -0.05) is 58.9 Å². The number of hydrogen-bond donors (Lipinski definition) is 2. The molecule has 0 aromatic heterocycles. The van der Waals surface area contributed by atoms with Crippen molar-refractivity contribution in [3.8, 4) is 0 Å². The number of nitrogens with one attached hydrogen (secondary N) is 1. The van der Waals surface area contributed by atoms with Crippen LogP contribution in [0.4, 0.5) is 5.69 Å². The molecule has 0 saturated carbocycles. The van der Waals surface area contributed by atoms with Crippen LogP contribution in [-0.4, -0.2) is 11.0 Å². The van der Waals surface area contributed by atoms with Crippen LogP contribution in [0.2, 0.25) is 0 Å². The molecule has 0 spiro atoms. The molecule has 0 aliphatic heterocycles. The molecule has 3 nitrogen and oxygen atoms in total. The number of carbonyl (C=O) groups excluding carboxylic acids is 1. The first kappa shape index (κ1) is 16.5. The fourth-order valence-electron chi connectivity index (χ4n) is 2.23. The van der Waals surface area contributed by atoms with Gasteiger partial charge in [-0.2, -0.15) is 0 Å². The largest absolute Gasteiger partial charge is 0.385 e. The molecule has 0 aliphatic rings. The Labute approximate surface area is 138 Å². The first-order valence-corrected chi connectivity index (χ1v) is 7.71. The first-order chi connectivity index (χ1) is 10.4. The van der Waals surface area contributed by atoms with Crippen LogP contribution < -0.4 is 5.32 Å². The number of rotatable bonds is 5. The van der Waals surface area contributed by atoms with Gasteiger partial charge in [0.05, 0.1) is 5.60 Å². The molecule has 0 bridgehead atoms. The van der Waals surface area contributed by atoms with Crippen molar-refractivity contribution in [1.29, 1.82) is 0 Å². The van der Waals surface area contributed by atoms with E-state index in [0.717, 1.165) is 10.0 Å². The van der Waals surface area contributed by atoms with Crippen LogP contribution in [0.25, 0.3) is 0 Å². The van der Waals surface area contributed by atoms with Crippen molar-refractivity contribution in [1.82, 2.24) is 0 Å². The average Bonchev–Trinajstić information content (AvgIpc) is 2.48. The Morgan fingerprint density at radius 3 is 2.41 bits per heavy atom. The summed E-state index contributed by atoms with van der Waals surface area (Å²) in [6.07, 6.45) is 0.147. The molecule has 0 heterocycles. The minimum Gasteiger partial charge on any atom is -0.385 e. The van der Waals surface area contributed by atoms with Crippen molar-refractivity contribution in [2.75, 3.05) is 5.32 Å². The molecule has 0 aliphatic carbocycles.